The fraction of sp³-hybridized carbons (Fsp3) is 0.500. The fourth-order valence-corrected chi connectivity index (χ4v) is 3.48. The van der Waals surface area contributed by atoms with Crippen molar-refractivity contribution >= 4 is 17.2 Å². The monoisotopic (exact) mass is 301 g/mol. The number of allylic oxidation sites excluding steroid dienone is 1. The average Bonchev–Trinajstić information content (AvgIpc) is 2.42. The first kappa shape index (κ1) is 16.6. The van der Waals surface area contributed by atoms with Crippen LogP contribution in [0.3, 0.4) is 0 Å². The van der Waals surface area contributed by atoms with E-state index in [9.17, 15) is 4.79 Å². The number of hydrogen-bond donors (Lipinski definition) is 2. The molecule has 22 heavy (non-hydrogen) atoms. The number of nitrogens with one attached hydrogen (secondary N) is 1. The lowest BCUT2D eigenvalue weighted by Crippen LogP contribution is -2.59. The molecule has 2 rings (SSSR count). The van der Waals surface area contributed by atoms with Crippen LogP contribution in [-0.2, 0) is 4.79 Å². The normalized spacial score (nSPS) is 17.8. The van der Waals surface area contributed by atoms with Crippen molar-refractivity contribution in [3.63, 3.8) is 0 Å². The lowest BCUT2D eigenvalue weighted by atomic mass is 9.84. The van der Waals surface area contributed by atoms with Crippen LogP contribution >= 0.6 is 0 Å². The zero-order valence-corrected chi connectivity index (χ0v) is 14.4. The second-order valence-corrected chi connectivity index (χ2v) is 7.07. The minimum absolute atomic E-state index is 0.142. The van der Waals surface area contributed by atoms with E-state index < -0.39 is 0 Å². The Morgan fingerprint density at radius 1 is 1.27 bits per heavy atom. The van der Waals surface area contributed by atoms with Crippen LogP contribution in [0.5, 0.6) is 0 Å². The molecule has 3 N–H and O–H groups in total. The van der Waals surface area contributed by atoms with Gasteiger partial charge in [-0.3, -0.25) is 10.2 Å². The number of fused-ring (bicyclic) bond motifs is 1. The first-order valence-corrected chi connectivity index (χ1v) is 7.79. The van der Waals surface area contributed by atoms with Crippen LogP contribution in [0, 0.1) is 12.8 Å². The first-order valence-electron chi connectivity index (χ1n) is 7.79. The predicted octanol–water partition coefficient (Wildman–Crippen LogP) is 3.01. The maximum atomic E-state index is 12.4. The lowest BCUT2D eigenvalue weighted by molar-refractivity contribution is -0.123. The van der Waals surface area contributed by atoms with Gasteiger partial charge in [-0.25, -0.2) is 5.84 Å². The number of carbonyl (C=O) groups excluding carboxylic acids is 1. The van der Waals surface area contributed by atoms with E-state index in [1.165, 1.54) is 16.7 Å². The Morgan fingerprint density at radius 3 is 2.45 bits per heavy atom. The van der Waals surface area contributed by atoms with Gasteiger partial charge in [0, 0.05) is 11.3 Å². The van der Waals surface area contributed by atoms with Crippen LogP contribution in [0.2, 0.25) is 0 Å². The molecule has 1 aromatic carbocycles. The van der Waals surface area contributed by atoms with Gasteiger partial charge < -0.3 is 4.90 Å². The van der Waals surface area contributed by atoms with Gasteiger partial charge in [0.15, 0.2) is 0 Å². The molecule has 1 heterocycles. The van der Waals surface area contributed by atoms with Crippen LogP contribution in [0.25, 0.3) is 5.57 Å². The number of benzene rings is 1. The average molecular weight is 301 g/mol. The van der Waals surface area contributed by atoms with E-state index in [1.807, 2.05) is 0 Å². The molecule has 0 spiro atoms. The zero-order chi connectivity index (χ0) is 16.7. The molecule has 4 nitrogen and oxygen atoms in total. The molecule has 1 atom stereocenters. The van der Waals surface area contributed by atoms with Crippen molar-refractivity contribution in [2.75, 3.05) is 4.90 Å². The van der Waals surface area contributed by atoms with Crippen LogP contribution in [0.4, 0.5) is 5.69 Å². The summed E-state index contributed by atoms with van der Waals surface area (Å²) in [5.41, 5.74) is 6.83. The Hall–Kier alpha value is -1.81. The van der Waals surface area contributed by atoms with Crippen molar-refractivity contribution in [2.45, 2.75) is 53.1 Å². The first-order chi connectivity index (χ1) is 10.2. The third kappa shape index (κ3) is 2.75. The molecule has 120 valence electrons. The third-order valence-corrected chi connectivity index (χ3v) is 4.35. The van der Waals surface area contributed by atoms with E-state index in [0.29, 0.717) is 0 Å². The highest BCUT2D eigenvalue weighted by molar-refractivity contribution is 5.90. The molecule has 1 aliphatic rings. The van der Waals surface area contributed by atoms with Gasteiger partial charge in [0.25, 0.3) is 5.91 Å². The summed E-state index contributed by atoms with van der Waals surface area (Å²) < 4.78 is 0. The van der Waals surface area contributed by atoms with Crippen LogP contribution < -0.4 is 16.2 Å². The standard InChI is InChI=1S/C18H27N3O/c1-11(2)16(17(22)20-19)21-15-8-7-12(3)9-14(15)13(4)10-18(21,5)6/h7-11,16H,19H2,1-6H3,(H,20,22). The molecule has 1 aliphatic heterocycles. The molecule has 0 bridgehead atoms. The maximum absolute atomic E-state index is 12.4. The van der Waals surface area contributed by atoms with E-state index in [0.717, 1.165) is 5.69 Å². The molecule has 4 heteroatoms. The summed E-state index contributed by atoms with van der Waals surface area (Å²) in [5, 5.41) is 0. The van der Waals surface area contributed by atoms with Crippen molar-refractivity contribution in [1.29, 1.82) is 0 Å². The van der Waals surface area contributed by atoms with Crippen molar-refractivity contribution in [3.05, 3.63) is 35.4 Å². The van der Waals surface area contributed by atoms with Crippen molar-refractivity contribution < 1.29 is 4.79 Å². The molecule has 0 saturated heterocycles. The Kier molecular flexibility index (Phi) is 4.34. The number of rotatable bonds is 3. The van der Waals surface area contributed by atoms with Crippen LogP contribution in [-0.4, -0.2) is 17.5 Å². The minimum Gasteiger partial charge on any atom is -0.350 e. The predicted molar refractivity (Wildman–Crippen MR) is 92.3 cm³/mol. The molecule has 0 radical (unpaired) electrons. The zero-order valence-electron chi connectivity index (χ0n) is 14.4. The van der Waals surface area contributed by atoms with E-state index in [2.05, 4.69) is 76.1 Å². The summed E-state index contributed by atoms with van der Waals surface area (Å²) in [6.07, 6.45) is 2.23. The van der Waals surface area contributed by atoms with Gasteiger partial charge in [-0.15, -0.1) is 0 Å². The fourth-order valence-electron chi connectivity index (χ4n) is 3.48. The number of hydrazine groups is 1. The topological polar surface area (TPSA) is 58.4 Å². The summed E-state index contributed by atoms with van der Waals surface area (Å²) in [7, 11) is 0. The molecular weight excluding hydrogens is 274 g/mol. The number of hydrogen-bond acceptors (Lipinski definition) is 3. The van der Waals surface area contributed by atoms with Crippen LogP contribution in [0.15, 0.2) is 24.3 Å². The molecule has 1 amide bonds. The van der Waals surface area contributed by atoms with Gasteiger partial charge in [-0.1, -0.05) is 31.6 Å². The highest BCUT2D eigenvalue weighted by Crippen LogP contribution is 2.41. The molecule has 1 unspecified atom stereocenters. The second-order valence-electron chi connectivity index (χ2n) is 7.07. The molecule has 0 aliphatic carbocycles. The van der Waals surface area contributed by atoms with Crippen LogP contribution in [0.1, 0.15) is 45.7 Å². The quantitative estimate of drug-likeness (QED) is 0.512. The van der Waals surface area contributed by atoms with Gasteiger partial charge in [-0.05, 0) is 51.3 Å². The summed E-state index contributed by atoms with van der Waals surface area (Å²) >= 11 is 0. The van der Waals surface area contributed by atoms with Crippen molar-refractivity contribution in [2.24, 2.45) is 11.8 Å². The highest BCUT2D eigenvalue weighted by Gasteiger charge is 2.40. The van der Waals surface area contributed by atoms with Gasteiger partial charge >= 0.3 is 0 Å². The molecule has 1 aromatic rings. The number of nitrogens with zero attached hydrogens (tertiary/aromatic N) is 1. The Balaban J connectivity index is 2.65. The SMILES string of the molecule is CC1=CC(C)(C)N(C(C(=O)NN)C(C)C)c2ccc(C)cc21. The lowest BCUT2D eigenvalue weighted by Gasteiger charge is -2.48. The van der Waals surface area contributed by atoms with E-state index in [4.69, 9.17) is 5.84 Å². The smallest absolute Gasteiger partial charge is 0.256 e. The highest BCUT2D eigenvalue weighted by atomic mass is 16.2. The third-order valence-electron chi connectivity index (χ3n) is 4.35. The molecule has 0 aromatic heterocycles. The molecule has 0 saturated carbocycles. The molecule has 0 fully saturated rings. The van der Waals surface area contributed by atoms with Gasteiger partial charge in [-0.2, -0.15) is 0 Å². The summed E-state index contributed by atoms with van der Waals surface area (Å²) in [4.78, 5) is 14.6. The number of carbonyl (C=O) groups is 1. The van der Waals surface area contributed by atoms with Crippen molar-refractivity contribution in [1.82, 2.24) is 5.43 Å². The number of aryl methyl sites for hydroxylation is 1. The second kappa shape index (κ2) is 5.76. The summed E-state index contributed by atoms with van der Waals surface area (Å²) in [5.74, 6) is 5.43. The minimum atomic E-state index is -0.314. The van der Waals surface area contributed by atoms with Gasteiger partial charge in [0.1, 0.15) is 6.04 Å². The number of amides is 1. The Labute approximate surface area is 133 Å². The van der Waals surface area contributed by atoms with E-state index in [1.54, 1.807) is 0 Å². The van der Waals surface area contributed by atoms with Crippen molar-refractivity contribution in [3.8, 4) is 0 Å². The van der Waals surface area contributed by atoms with E-state index >= 15 is 0 Å². The number of nitrogens with two attached hydrogens (primary N) is 1. The maximum Gasteiger partial charge on any atom is 0.256 e. The number of anilines is 1. The van der Waals surface area contributed by atoms with Gasteiger partial charge in [0.05, 0.1) is 5.54 Å². The largest absolute Gasteiger partial charge is 0.350 e. The summed E-state index contributed by atoms with van der Waals surface area (Å²) in [6, 6.07) is 6.08. The molecular formula is C18H27N3O. The van der Waals surface area contributed by atoms with Gasteiger partial charge in [0.2, 0.25) is 0 Å². The Bertz CT molecular complexity index is 617. The van der Waals surface area contributed by atoms with E-state index in [-0.39, 0.29) is 23.4 Å². The Morgan fingerprint density at radius 2 is 1.91 bits per heavy atom. The summed E-state index contributed by atoms with van der Waals surface area (Å²) in [6.45, 7) is 12.6.